The molecule has 0 spiro atoms. The standard InChI is InChI=1S/C16H16FN3S/c1-2-20-12-5-3-4-11(17)15(12)19-16(20)14-10-7-9-21-13(10)6-8-18-14/h3-5,7,9,14,18H,2,6,8H2,1H3. The maximum Gasteiger partial charge on any atom is 0.151 e. The molecule has 3 heterocycles. The zero-order valence-electron chi connectivity index (χ0n) is 11.8. The van der Waals surface area contributed by atoms with E-state index in [2.05, 4.69) is 33.2 Å². The molecular weight excluding hydrogens is 285 g/mol. The van der Waals surface area contributed by atoms with Crippen molar-refractivity contribution in [3.05, 3.63) is 51.7 Å². The van der Waals surface area contributed by atoms with Gasteiger partial charge in [-0.3, -0.25) is 0 Å². The van der Waals surface area contributed by atoms with E-state index in [4.69, 9.17) is 0 Å². The molecule has 0 saturated heterocycles. The van der Waals surface area contributed by atoms with E-state index in [1.165, 1.54) is 16.5 Å². The van der Waals surface area contributed by atoms with Crippen LogP contribution in [0.1, 0.15) is 29.2 Å². The van der Waals surface area contributed by atoms with Crippen molar-refractivity contribution < 1.29 is 4.39 Å². The van der Waals surface area contributed by atoms with Crippen molar-refractivity contribution in [3.63, 3.8) is 0 Å². The molecule has 0 aliphatic carbocycles. The van der Waals surface area contributed by atoms with Gasteiger partial charge in [-0.25, -0.2) is 9.37 Å². The summed E-state index contributed by atoms with van der Waals surface area (Å²) in [7, 11) is 0. The molecule has 0 saturated carbocycles. The largest absolute Gasteiger partial charge is 0.327 e. The lowest BCUT2D eigenvalue weighted by Gasteiger charge is -2.24. The molecule has 4 rings (SSSR count). The first-order valence-corrected chi connectivity index (χ1v) is 8.12. The van der Waals surface area contributed by atoms with Crippen LogP contribution in [0.2, 0.25) is 0 Å². The Bertz CT molecular complexity index is 805. The van der Waals surface area contributed by atoms with Crippen LogP contribution in [-0.4, -0.2) is 16.1 Å². The molecule has 1 aliphatic heterocycles. The second kappa shape index (κ2) is 4.93. The van der Waals surface area contributed by atoms with Gasteiger partial charge >= 0.3 is 0 Å². The van der Waals surface area contributed by atoms with Crippen LogP contribution in [0.3, 0.4) is 0 Å². The van der Waals surface area contributed by atoms with Crippen LogP contribution in [0.5, 0.6) is 0 Å². The molecule has 1 aromatic carbocycles. The van der Waals surface area contributed by atoms with Crippen LogP contribution in [-0.2, 0) is 13.0 Å². The third-order valence-corrected chi connectivity index (χ3v) is 5.12. The van der Waals surface area contributed by atoms with Crippen molar-refractivity contribution in [3.8, 4) is 0 Å². The average molecular weight is 301 g/mol. The van der Waals surface area contributed by atoms with Crippen molar-refractivity contribution in [2.75, 3.05) is 6.54 Å². The van der Waals surface area contributed by atoms with E-state index >= 15 is 0 Å². The highest BCUT2D eigenvalue weighted by Crippen LogP contribution is 2.33. The highest BCUT2D eigenvalue weighted by molar-refractivity contribution is 7.10. The average Bonchev–Trinajstić information content (AvgIpc) is 3.11. The number of aromatic nitrogens is 2. The summed E-state index contributed by atoms with van der Waals surface area (Å²) in [6, 6.07) is 7.39. The molecule has 1 unspecified atom stereocenters. The van der Waals surface area contributed by atoms with Gasteiger partial charge in [0.15, 0.2) is 5.82 Å². The third-order valence-electron chi connectivity index (χ3n) is 4.13. The minimum atomic E-state index is -0.248. The molecule has 21 heavy (non-hydrogen) atoms. The first-order valence-electron chi connectivity index (χ1n) is 7.24. The molecule has 0 fully saturated rings. The van der Waals surface area contributed by atoms with Gasteiger partial charge in [-0.2, -0.15) is 0 Å². The number of thiophene rings is 1. The Morgan fingerprint density at radius 2 is 2.33 bits per heavy atom. The zero-order chi connectivity index (χ0) is 14.4. The van der Waals surface area contributed by atoms with E-state index < -0.39 is 0 Å². The fraction of sp³-hybridized carbons (Fsp3) is 0.312. The second-order valence-corrected chi connectivity index (χ2v) is 6.26. The van der Waals surface area contributed by atoms with Gasteiger partial charge in [-0.15, -0.1) is 11.3 Å². The predicted octanol–water partition coefficient (Wildman–Crippen LogP) is 3.49. The molecule has 3 aromatic rings. The summed E-state index contributed by atoms with van der Waals surface area (Å²) in [6.07, 6.45) is 1.06. The monoisotopic (exact) mass is 301 g/mol. The third kappa shape index (κ3) is 1.92. The quantitative estimate of drug-likeness (QED) is 0.785. The number of halogens is 1. The Morgan fingerprint density at radius 3 is 3.19 bits per heavy atom. The van der Waals surface area contributed by atoms with Gasteiger partial charge in [-0.05, 0) is 42.5 Å². The fourth-order valence-corrected chi connectivity index (χ4v) is 4.09. The molecule has 108 valence electrons. The number of hydrogen-bond acceptors (Lipinski definition) is 3. The van der Waals surface area contributed by atoms with Gasteiger partial charge in [0.1, 0.15) is 11.3 Å². The highest BCUT2D eigenvalue weighted by Gasteiger charge is 2.27. The summed E-state index contributed by atoms with van der Waals surface area (Å²) in [4.78, 5) is 6.03. The van der Waals surface area contributed by atoms with E-state index in [1.807, 2.05) is 6.07 Å². The van der Waals surface area contributed by atoms with Gasteiger partial charge < -0.3 is 9.88 Å². The molecular formula is C16H16FN3S. The smallest absolute Gasteiger partial charge is 0.151 e. The number of nitrogens with zero attached hydrogens (tertiary/aromatic N) is 2. The zero-order valence-corrected chi connectivity index (χ0v) is 12.6. The maximum absolute atomic E-state index is 14.0. The Labute approximate surface area is 126 Å². The van der Waals surface area contributed by atoms with Crippen molar-refractivity contribution in [2.45, 2.75) is 25.9 Å². The summed E-state index contributed by atoms with van der Waals surface area (Å²) >= 11 is 1.80. The number of imidazole rings is 1. The number of aryl methyl sites for hydroxylation is 1. The van der Waals surface area contributed by atoms with Crippen LogP contribution in [0.15, 0.2) is 29.6 Å². The molecule has 0 amide bonds. The van der Waals surface area contributed by atoms with Gasteiger partial charge in [0.25, 0.3) is 0 Å². The van der Waals surface area contributed by atoms with E-state index in [1.54, 1.807) is 17.4 Å². The van der Waals surface area contributed by atoms with Gasteiger partial charge in [0.2, 0.25) is 0 Å². The van der Waals surface area contributed by atoms with Crippen molar-refractivity contribution >= 4 is 22.4 Å². The Hall–Kier alpha value is -1.72. The molecule has 0 bridgehead atoms. The van der Waals surface area contributed by atoms with Gasteiger partial charge in [0.05, 0.1) is 11.6 Å². The number of nitrogens with one attached hydrogen (secondary N) is 1. The molecule has 1 atom stereocenters. The fourth-order valence-electron chi connectivity index (χ4n) is 3.16. The minimum absolute atomic E-state index is 0.0618. The second-order valence-electron chi connectivity index (χ2n) is 5.26. The summed E-state index contributed by atoms with van der Waals surface area (Å²) in [5.41, 5.74) is 2.63. The normalized spacial score (nSPS) is 18.1. The number of hydrogen-bond donors (Lipinski definition) is 1. The maximum atomic E-state index is 14.0. The van der Waals surface area contributed by atoms with E-state index in [-0.39, 0.29) is 11.9 Å². The summed E-state index contributed by atoms with van der Waals surface area (Å²) in [5.74, 6) is 0.666. The molecule has 1 aliphatic rings. The van der Waals surface area contributed by atoms with Crippen LogP contribution >= 0.6 is 11.3 Å². The van der Waals surface area contributed by atoms with Gasteiger partial charge in [-0.1, -0.05) is 6.07 Å². The van der Waals surface area contributed by atoms with Crippen molar-refractivity contribution in [1.29, 1.82) is 0 Å². The first kappa shape index (κ1) is 13.0. The summed E-state index contributed by atoms with van der Waals surface area (Å²) < 4.78 is 16.1. The van der Waals surface area contributed by atoms with E-state index in [0.29, 0.717) is 5.52 Å². The first-order chi connectivity index (χ1) is 10.3. The number of para-hydroxylation sites is 1. The molecule has 3 nitrogen and oxygen atoms in total. The van der Waals surface area contributed by atoms with Gasteiger partial charge in [0, 0.05) is 18.0 Å². The number of fused-ring (bicyclic) bond motifs is 2. The highest BCUT2D eigenvalue weighted by atomic mass is 32.1. The lowest BCUT2D eigenvalue weighted by atomic mass is 10.0. The van der Waals surface area contributed by atoms with Crippen LogP contribution in [0.4, 0.5) is 4.39 Å². The van der Waals surface area contributed by atoms with Crippen LogP contribution in [0.25, 0.3) is 11.0 Å². The van der Waals surface area contributed by atoms with Crippen LogP contribution in [0, 0.1) is 5.82 Å². The van der Waals surface area contributed by atoms with E-state index in [9.17, 15) is 4.39 Å². The Morgan fingerprint density at radius 1 is 1.43 bits per heavy atom. The lowest BCUT2D eigenvalue weighted by molar-refractivity contribution is 0.527. The Kier molecular flexibility index (Phi) is 3.05. The SMILES string of the molecule is CCn1c(C2NCCc3sccc32)nc2c(F)cccc21. The minimum Gasteiger partial charge on any atom is -0.327 e. The summed E-state index contributed by atoms with van der Waals surface area (Å²) in [6.45, 7) is 3.80. The van der Waals surface area contributed by atoms with Crippen molar-refractivity contribution in [1.82, 2.24) is 14.9 Å². The Balaban J connectivity index is 1.94. The molecule has 5 heteroatoms. The lowest BCUT2D eigenvalue weighted by Crippen LogP contribution is -2.31. The molecule has 0 radical (unpaired) electrons. The van der Waals surface area contributed by atoms with Crippen molar-refractivity contribution in [2.24, 2.45) is 0 Å². The van der Waals surface area contributed by atoms with Crippen LogP contribution < -0.4 is 5.32 Å². The number of rotatable bonds is 2. The summed E-state index contributed by atoms with van der Waals surface area (Å²) in [5, 5.41) is 5.66. The predicted molar refractivity (Wildman–Crippen MR) is 83.2 cm³/mol. The van der Waals surface area contributed by atoms with E-state index in [0.717, 1.165) is 30.9 Å². The molecule has 2 aromatic heterocycles. The number of benzene rings is 1. The topological polar surface area (TPSA) is 29.9 Å². The molecule has 1 N–H and O–H groups in total.